The maximum absolute atomic E-state index is 12.3. The topological polar surface area (TPSA) is 55.8 Å². The number of aryl methyl sites for hydroxylation is 1. The monoisotopic (exact) mass is 383 g/mol. The minimum absolute atomic E-state index is 0.243. The summed E-state index contributed by atoms with van der Waals surface area (Å²) in [6.07, 6.45) is 0. The molecule has 0 N–H and O–H groups in total. The SMILES string of the molecule is COc1ccc2cc(CN(C)C(=O)COC(=O)c3sccc3C)ccc2c1. The summed E-state index contributed by atoms with van der Waals surface area (Å²) in [7, 11) is 3.34. The minimum atomic E-state index is -0.455. The molecule has 3 aromatic rings. The summed E-state index contributed by atoms with van der Waals surface area (Å²) >= 11 is 1.32. The summed E-state index contributed by atoms with van der Waals surface area (Å²) in [4.78, 5) is 26.4. The number of methoxy groups -OCH3 is 1. The zero-order valence-electron chi connectivity index (χ0n) is 15.5. The van der Waals surface area contributed by atoms with Crippen molar-refractivity contribution in [1.82, 2.24) is 4.90 Å². The molecule has 0 atom stereocenters. The standard InChI is InChI=1S/C21H21NO4S/c1-14-8-9-27-20(14)21(24)26-13-19(23)22(2)12-15-4-5-17-11-18(25-3)7-6-16(17)10-15/h4-11H,12-13H2,1-3H3. The van der Waals surface area contributed by atoms with E-state index in [0.29, 0.717) is 11.4 Å². The van der Waals surface area contributed by atoms with E-state index in [0.717, 1.165) is 27.6 Å². The van der Waals surface area contributed by atoms with E-state index in [-0.39, 0.29) is 12.5 Å². The van der Waals surface area contributed by atoms with E-state index in [1.807, 2.05) is 54.8 Å². The normalized spacial score (nSPS) is 10.6. The second-order valence-electron chi connectivity index (χ2n) is 6.31. The molecule has 6 heteroatoms. The van der Waals surface area contributed by atoms with Crippen LogP contribution in [0, 0.1) is 6.92 Å². The van der Waals surface area contributed by atoms with Crippen LogP contribution in [0.4, 0.5) is 0 Å². The second kappa shape index (κ2) is 8.22. The molecule has 0 unspecified atom stereocenters. The first kappa shape index (κ1) is 18.9. The number of esters is 1. The molecular formula is C21H21NO4S. The number of carbonyl (C=O) groups excluding carboxylic acids is 2. The van der Waals surface area contributed by atoms with E-state index >= 15 is 0 Å². The summed E-state index contributed by atoms with van der Waals surface area (Å²) in [5.41, 5.74) is 1.86. The van der Waals surface area contributed by atoms with Gasteiger partial charge in [0.05, 0.1) is 7.11 Å². The lowest BCUT2D eigenvalue weighted by Crippen LogP contribution is -2.30. The molecule has 0 fully saturated rings. The average molecular weight is 383 g/mol. The lowest BCUT2D eigenvalue weighted by molar-refractivity contribution is -0.133. The first-order chi connectivity index (χ1) is 13.0. The van der Waals surface area contributed by atoms with Gasteiger partial charge in [-0.2, -0.15) is 0 Å². The second-order valence-corrected chi connectivity index (χ2v) is 7.22. The van der Waals surface area contributed by atoms with Crippen LogP contribution in [0.1, 0.15) is 20.8 Å². The van der Waals surface area contributed by atoms with Gasteiger partial charge in [0, 0.05) is 13.6 Å². The number of amides is 1. The molecule has 5 nitrogen and oxygen atoms in total. The zero-order valence-corrected chi connectivity index (χ0v) is 16.3. The molecule has 0 aliphatic carbocycles. The van der Waals surface area contributed by atoms with Crippen LogP contribution in [0.3, 0.4) is 0 Å². The Morgan fingerprint density at radius 1 is 1.07 bits per heavy atom. The number of hydrogen-bond acceptors (Lipinski definition) is 5. The summed E-state index contributed by atoms with van der Waals surface area (Å²) in [6.45, 7) is 2.02. The molecule has 0 aliphatic heterocycles. The van der Waals surface area contributed by atoms with Gasteiger partial charge >= 0.3 is 5.97 Å². The van der Waals surface area contributed by atoms with Crippen molar-refractivity contribution in [3.05, 3.63) is 63.8 Å². The lowest BCUT2D eigenvalue weighted by Gasteiger charge is -2.17. The van der Waals surface area contributed by atoms with E-state index in [9.17, 15) is 9.59 Å². The molecule has 0 spiro atoms. The Balaban J connectivity index is 1.60. The van der Waals surface area contributed by atoms with Crippen molar-refractivity contribution in [3.8, 4) is 5.75 Å². The first-order valence-corrected chi connectivity index (χ1v) is 9.38. The number of thiophene rings is 1. The molecule has 3 rings (SSSR count). The van der Waals surface area contributed by atoms with Crippen LogP contribution in [0.5, 0.6) is 5.75 Å². The number of carbonyl (C=O) groups is 2. The number of fused-ring (bicyclic) bond motifs is 1. The lowest BCUT2D eigenvalue weighted by atomic mass is 10.1. The highest BCUT2D eigenvalue weighted by molar-refractivity contribution is 7.12. The van der Waals surface area contributed by atoms with Crippen LogP contribution in [0.15, 0.2) is 47.8 Å². The van der Waals surface area contributed by atoms with E-state index in [1.54, 1.807) is 19.1 Å². The molecule has 0 bridgehead atoms. The molecule has 1 heterocycles. The van der Waals surface area contributed by atoms with Crippen molar-refractivity contribution in [3.63, 3.8) is 0 Å². The van der Waals surface area contributed by atoms with Gasteiger partial charge in [0.1, 0.15) is 10.6 Å². The number of rotatable bonds is 6. The Morgan fingerprint density at radius 3 is 2.52 bits per heavy atom. The highest BCUT2D eigenvalue weighted by atomic mass is 32.1. The Morgan fingerprint density at radius 2 is 1.81 bits per heavy atom. The maximum Gasteiger partial charge on any atom is 0.349 e. The van der Waals surface area contributed by atoms with Crippen molar-refractivity contribution >= 4 is 34.0 Å². The van der Waals surface area contributed by atoms with Crippen LogP contribution >= 0.6 is 11.3 Å². The fraction of sp³-hybridized carbons (Fsp3) is 0.238. The zero-order chi connectivity index (χ0) is 19.4. The van der Waals surface area contributed by atoms with Gasteiger partial charge < -0.3 is 14.4 Å². The number of hydrogen-bond donors (Lipinski definition) is 0. The molecule has 2 aromatic carbocycles. The van der Waals surface area contributed by atoms with Crippen molar-refractivity contribution in [2.75, 3.05) is 20.8 Å². The van der Waals surface area contributed by atoms with Crippen LogP contribution in [0.2, 0.25) is 0 Å². The van der Waals surface area contributed by atoms with Gasteiger partial charge in [0.2, 0.25) is 0 Å². The third-order valence-corrected chi connectivity index (χ3v) is 5.33. The fourth-order valence-electron chi connectivity index (χ4n) is 2.75. The Kier molecular flexibility index (Phi) is 5.76. The summed E-state index contributed by atoms with van der Waals surface area (Å²) in [5, 5.41) is 3.98. The highest BCUT2D eigenvalue weighted by Gasteiger charge is 2.16. The molecule has 0 saturated carbocycles. The average Bonchev–Trinajstić information content (AvgIpc) is 3.11. The molecule has 1 amide bonds. The third kappa shape index (κ3) is 4.46. The summed E-state index contributed by atoms with van der Waals surface area (Å²) in [5.74, 6) is 0.113. The number of ether oxygens (including phenoxy) is 2. The number of benzene rings is 2. The fourth-order valence-corrected chi connectivity index (χ4v) is 3.56. The molecule has 0 saturated heterocycles. The van der Waals surface area contributed by atoms with E-state index in [2.05, 4.69) is 0 Å². The number of likely N-dealkylation sites (N-methyl/N-ethyl adjacent to an activating group) is 1. The van der Waals surface area contributed by atoms with Crippen LogP contribution < -0.4 is 4.74 Å². The molecule has 27 heavy (non-hydrogen) atoms. The van der Waals surface area contributed by atoms with Gasteiger partial charge in [-0.15, -0.1) is 11.3 Å². The van der Waals surface area contributed by atoms with E-state index in [4.69, 9.17) is 9.47 Å². The Hall–Kier alpha value is -2.86. The Labute approximate surface area is 162 Å². The van der Waals surface area contributed by atoms with Gasteiger partial charge in [-0.3, -0.25) is 4.79 Å². The van der Waals surface area contributed by atoms with Gasteiger partial charge in [0.15, 0.2) is 6.61 Å². The van der Waals surface area contributed by atoms with Gasteiger partial charge in [-0.05, 0) is 58.5 Å². The molecule has 140 valence electrons. The number of nitrogens with zero attached hydrogens (tertiary/aromatic N) is 1. The molecule has 0 radical (unpaired) electrons. The van der Waals surface area contributed by atoms with Crippen LogP contribution in [-0.4, -0.2) is 37.5 Å². The van der Waals surface area contributed by atoms with Gasteiger partial charge in [0.25, 0.3) is 5.91 Å². The van der Waals surface area contributed by atoms with E-state index in [1.165, 1.54) is 11.3 Å². The van der Waals surface area contributed by atoms with Crippen LogP contribution in [-0.2, 0) is 16.1 Å². The third-order valence-electron chi connectivity index (χ3n) is 4.33. The van der Waals surface area contributed by atoms with E-state index < -0.39 is 5.97 Å². The van der Waals surface area contributed by atoms with Crippen LogP contribution in [0.25, 0.3) is 10.8 Å². The minimum Gasteiger partial charge on any atom is -0.497 e. The predicted octanol–water partition coefficient (Wildman–Crippen LogP) is 4.03. The maximum atomic E-state index is 12.3. The molecule has 1 aromatic heterocycles. The van der Waals surface area contributed by atoms with Crippen molar-refractivity contribution in [2.24, 2.45) is 0 Å². The van der Waals surface area contributed by atoms with Crippen molar-refractivity contribution in [1.29, 1.82) is 0 Å². The Bertz CT molecular complexity index is 979. The largest absolute Gasteiger partial charge is 0.497 e. The quantitative estimate of drug-likeness (QED) is 0.603. The smallest absolute Gasteiger partial charge is 0.349 e. The van der Waals surface area contributed by atoms with Gasteiger partial charge in [-0.1, -0.05) is 18.2 Å². The molecule has 0 aliphatic rings. The van der Waals surface area contributed by atoms with Crippen molar-refractivity contribution < 1.29 is 19.1 Å². The summed E-state index contributed by atoms with van der Waals surface area (Å²) in [6, 6.07) is 13.7. The predicted molar refractivity (Wildman–Crippen MR) is 106 cm³/mol. The summed E-state index contributed by atoms with van der Waals surface area (Å²) < 4.78 is 10.4. The van der Waals surface area contributed by atoms with Gasteiger partial charge in [-0.25, -0.2) is 4.79 Å². The van der Waals surface area contributed by atoms with Crippen molar-refractivity contribution in [2.45, 2.75) is 13.5 Å². The highest BCUT2D eigenvalue weighted by Crippen LogP contribution is 2.22. The molecular weight excluding hydrogens is 362 g/mol. The first-order valence-electron chi connectivity index (χ1n) is 8.50.